The molecule has 0 spiro atoms. The Hall–Kier alpha value is 0.01000. The summed E-state index contributed by atoms with van der Waals surface area (Å²) in [6.45, 7) is 10.1. The molecule has 0 saturated heterocycles. The normalized spacial score (nSPS) is 9.77. The second kappa shape index (κ2) is 10.1. The highest BCUT2D eigenvalue weighted by Crippen LogP contribution is 1.98. The van der Waals surface area contributed by atoms with Gasteiger partial charge in [0.2, 0.25) is 4.84 Å². The Morgan fingerprint density at radius 1 is 1.23 bits per heavy atom. The Morgan fingerprint density at radius 2 is 1.46 bits per heavy atom. The highest BCUT2D eigenvalue weighted by atomic mass is 35.5. The topological polar surface area (TPSA) is 40.5 Å². The first-order chi connectivity index (χ1) is 5.99. The van der Waals surface area contributed by atoms with Crippen molar-refractivity contribution in [2.24, 2.45) is 0 Å². The number of aliphatic carboxylic acids is 1. The maximum Gasteiger partial charge on any atom is 0.337 e. The lowest BCUT2D eigenvalue weighted by atomic mass is 10.5. The summed E-state index contributed by atoms with van der Waals surface area (Å²) >= 11 is 9.56. The van der Waals surface area contributed by atoms with E-state index in [4.69, 9.17) is 28.3 Å². The number of halogens is 2. The summed E-state index contributed by atoms with van der Waals surface area (Å²) in [7, 11) is 0. The molecule has 0 aromatic heterocycles. The van der Waals surface area contributed by atoms with Gasteiger partial charge < -0.3 is 10.0 Å². The predicted octanol–water partition coefficient (Wildman–Crippen LogP) is 2.22. The smallest absolute Gasteiger partial charge is 0.337 e. The van der Waals surface area contributed by atoms with Gasteiger partial charge in [-0.3, -0.25) is 0 Å². The molecule has 0 rings (SSSR count). The van der Waals surface area contributed by atoms with Gasteiger partial charge in [0, 0.05) is 0 Å². The van der Waals surface area contributed by atoms with Crippen LogP contribution in [0.1, 0.15) is 20.8 Å². The molecular weight excluding hydrogens is 213 g/mol. The molecule has 0 unspecified atom stereocenters. The molecule has 0 atom stereocenters. The van der Waals surface area contributed by atoms with E-state index in [1.54, 1.807) is 0 Å². The molecule has 13 heavy (non-hydrogen) atoms. The predicted molar refractivity (Wildman–Crippen MR) is 56.6 cm³/mol. The zero-order valence-corrected chi connectivity index (χ0v) is 9.77. The molecule has 0 aliphatic carbocycles. The summed E-state index contributed by atoms with van der Waals surface area (Å²) in [5, 5.41) is 7.73. The van der Waals surface area contributed by atoms with Crippen molar-refractivity contribution >= 4 is 29.2 Å². The molecule has 0 fully saturated rings. The van der Waals surface area contributed by atoms with E-state index in [-0.39, 0.29) is 0 Å². The minimum atomic E-state index is -1.29. The second-order valence-corrected chi connectivity index (χ2v) is 3.35. The van der Waals surface area contributed by atoms with Crippen molar-refractivity contribution in [2.75, 3.05) is 19.6 Å². The Morgan fingerprint density at radius 3 is 1.46 bits per heavy atom. The van der Waals surface area contributed by atoms with Crippen LogP contribution in [0.5, 0.6) is 0 Å². The van der Waals surface area contributed by atoms with Crippen LogP contribution in [0, 0.1) is 0 Å². The highest BCUT2D eigenvalue weighted by molar-refractivity contribution is 6.52. The van der Waals surface area contributed by atoms with E-state index in [1.807, 2.05) is 0 Å². The molecule has 3 nitrogen and oxygen atoms in total. The summed E-state index contributed by atoms with van der Waals surface area (Å²) in [5.74, 6) is -1.21. The number of hydrogen-bond donors (Lipinski definition) is 1. The molecule has 0 aromatic rings. The van der Waals surface area contributed by atoms with Crippen LogP contribution in [0.3, 0.4) is 0 Å². The van der Waals surface area contributed by atoms with Crippen LogP contribution in [-0.2, 0) is 4.79 Å². The van der Waals surface area contributed by atoms with Gasteiger partial charge in [0.1, 0.15) is 0 Å². The molecule has 0 heterocycles. The van der Waals surface area contributed by atoms with Gasteiger partial charge in [-0.1, -0.05) is 44.0 Å². The van der Waals surface area contributed by atoms with Gasteiger partial charge in [0.25, 0.3) is 0 Å². The number of carboxylic acid groups (broad SMARTS) is 1. The molecular formula is C8H17Cl2NO2. The van der Waals surface area contributed by atoms with E-state index in [1.165, 1.54) is 19.6 Å². The van der Waals surface area contributed by atoms with Crippen molar-refractivity contribution in [1.82, 2.24) is 4.90 Å². The van der Waals surface area contributed by atoms with Gasteiger partial charge in [-0.05, 0) is 19.6 Å². The van der Waals surface area contributed by atoms with Gasteiger partial charge in [-0.25, -0.2) is 4.79 Å². The zero-order valence-electron chi connectivity index (χ0n) is 8.26. The number of hydrogen-bond acceptors (Lipinski definition) is 2. The van der Waals surface area contributed by atoms with E-state index in [9.17, 15) is 4.79 Å². The van der Waals surface area contributed by atoms with Crippen molar-refractivity contribution in [3.8, 4) is 0 Å². The molecule has 0 aliphatic heterocycles. The summed E-state index contributed by atoms with van der Waals surface area (Å²) in [5.41, 5.74) is 0. The molecule has 1 N–H and O–H groups in total. The molecule has 0 radical (unpaired) electrons. The van der Waals surface area contributed by atoms with Crippen LogP contribution < -0.4 is 0 Å². The SMILES string of the molecule is CCN(CC)CC.O=C(O)C(Cl)Cl. The number of carboxylic acids is 1. The summed E-state index contributed by atoms with van der Waals surface area (Å²) < 4.78 is 0. The zero-order chi connectivity index (χ0) is 10.9. The summed E-state index contributed by atoms with van der Waals surface area (Å²) in [6.07, 6.45) is 0. The first kappa shape index (κ1) is 15.5. The summed E-state index contributed by atoms with van der Waals surface area (Å²) in [4.78, 5) is 10.5. The van der Waals surface area contributed by atoms with Gasteiger partial charge in [0.05, 0.1) is 0 Å². The molecule has 5 heteroatoms. The van der Waals surface area contributed by atoms with Crippen LogP contribution in [0.4, 0.5) is 0 Å². The van der Waals surface area contributed by atoms with Gasteiger partial charge in [-0.15, -0.1) is 0 Å². The maximum absolute atomic E-state index is 9.44. The first-order valence-corrected chi connectivity index (χ1v) is 5.10. The van der Waals surface area contributed by atoms with E-state index in [0.717, 1.165) is 0 Å². The Kier molecular flexibility index (Phi) is 12.0. The second-order valence-electron chi connectivity index (χ2n) is 2.26. The van der Waals surface area contributed by atoms with Gasteiger partial charge in [-0.2, -0.15) is 0 Å². The van der Waals surface area contributed by atoms with Crippen molar-refractivity contribution in [3.05, 3.63) is 0 Å². The van der Waals surface area contributed by atoms with Crippen LogP contribution in [0.15, 0.2) is 0 Å². The number of nitrogens with zero attached hydrogens (tertiary/aromatic N) is 1. The Bertz CT molecular complexity index is 122. The van der Waals surface area contributed by atoms with Crippen LogP contribution in [0.25, 0.3) is 0 Å². The van der Waals surface area contributed by atoms with Gasteiger partial charge >= 0.3 is 5.97 Å². The van der Waals surface area contributed by atoms with Crippen LogP contribution in [0.2, 0.25) is 0 Å². The largest absolute Gasteiger partial charge is 0.479 e. The molecule has 0 aliphatic rings. The maximum atomic E-state index is 9.44. The standard InChI is InChI=1S/C6H15N.C2H2Cl2O2/c1-4-7(5-2)6-3;3-1(4)2(5)6/h4-6H2,1-3H3;1H,(H,5,6). The lowest BCUT2D eigenvalue weighted by molar-refractivity contribution is -0.135. The number of alkyl halides is 2. The van der Waals surface area contributed by atoms with E-state index >= 15 is 0 Å². The fourth-order valence-electron chi connectivity index (χ4n) is 0.671. The number of rotatable bonds is 4. The van der Waals surface area contributed by atoms with E-state index < -0.39 is 10.8 Å². The first-order valence-electron chi connectivity index (χ1n) is 4.22. The lowest BCUT2D eigenvalue weighted by Gasteiger charge is -2.13. The Labute approximate surface area is 89.6 Å². The molecule has 80 valence electrons. The number of carbonyl (C=O) groups is 1. The average molecular weight is 230 g/mol. The van der Waals surface area contributed by atoms with E-state index in [2.05, 4.69) is 25.7 Å². The van der Waals surface area contributed by atoms with E-state index in [0.29, 0.717) is 0 Å². The minimum absolute atomic E-state index is 1.19. The third-order valence-electron chi connectivity index (χ3n) is 1.53. The minimum Gasteiger partial charge on any atom is -0.479 e. The average Bonchev–Trinajstić information content (AvgIpc) is 2.08. The van der Waals surface area contributed by atoms with Crippen LogP contribution >= 0.6 is 23.2 Å². The molecule has 0 saturated carbocycles. The third-order valence-corrected chi connectivity index (χ3v) is 1.90. The summed E-state index contributed by atoms with van der Waals surface area (Å²) in [6, 6.07) is 0. The monoisotopic (exact) mass is 229 g/mol. The molecule has 0 amide bonds. The van der Waals surface area contributed by atoms with Crippen molar-refractivity contribution in [3.63, 3.8) is 0 Å². The van der Waals surface area contributed by atoms with Crippen molar-refractivity contribution in [2.45, 2.75) is 25.6 Å². The molecule has 0 aromatic carbocycles. The van der Waals surface area contributed by atoms with Crippen LogP contribution in [-0.4, -0.2) is 40.4 Å². The highest BCUT2D eigenvalue weighted by Gasteiger charge is 2.05. The fraction of sp³-hybridized carbons (Fsp3) is 0.875. The molecule has 0 bridgehead atoms. The van der Waals surface area contributed by atoms with Crippen molar-refractivity contribution in [1.29, 1.82) is 0 Å². The Balaban J connectivity index is 0. The van der Waals surface area contributed by atoms with Crippen molar-refractivity contribution < 1.29 is 9.90 Å². The third kappa shape index (κ3) is 12.0. The fourth-order valence-corrected chi connectivity index (χ4v) is 0.671. The quantitative estimate of drug-likeness (QED) is 0.753. The van der Waals surface area contributed by atoms with Gasteiger partial charge in [0.15, 0.2) is 0 Å². The lowest BCUT2D eigenvalue weighted by Crippen LogP contribution is -2.21.